The first-order valence-electron chi connectivity index (χ1n) is 13.9. The third-order valence-corrected chi connectivity index (χ3v) is 7.97. The number of carbonyl (C=O) groups excluding carboxylic acids is 1. The molecule has 3 atom stereocenters. The van der Waals surface area contributed by atoms with E-state index in [4.69, 9.17) is 15.2 Å². The van der Waals surface area contributed by atoms with Gasteiger partial charge in [0.2, 0.25) is 11.8 Å². The Bertz CT molecular complexity index is 1760. The topological polar surface area (TPSA) is 120 Å². The molecule has 0 spiro atoms. The molecule has 4 heterocycles. The Morgan fingerprint density at radius 2 is 2.02 bits per heavy atom. The number of nitrogens with two attached hydrogens (primary N) is 1. The largest absolute Gasteiger partial charge is 0.496 e. The Morgan fingerprint density at radius 3 is 2.76 bits per heavy atom. The number of rotatable bonds is 7. The SMILES string of the molecule is CNC/C=C/C(=O)N1C[C@@H]2[C@@H](C#Cc3c(-c4ccc(Oc5cccc(C)n5)cc4OC)c4c(N)ncnc4n3C)[C@@H]2C1. The van der Waals surface area contributed by atoms with Crippen LogP contribution in [0.25, 0.3) is 22.2 Å². The number of piperidine rings is 1. The lowest BCUT2D eigenvalue weighted by molar-refractivity contribution is -0.125. The van der Waals surface area contributed by atoms with Gasteiger partial charge in [0.05, 0.1) is 12.5 Å². The molecule has 214 valence electrons. The van der Waals surface area contributed by atoms with E-state index in [1.807, 2.05) is 73.0 Å². The number of likely N-dealkylation sites (tertiary alicyclic amines) is 1. The maximum absolute atomic E-state index is 12.5. The van der Waals surface area contributed by atoms with Gasteiger partial charge in [-0.1, -0.05) is 18.1 Å². The molecule has 2 fully saturated rings. The van der Waals surface area contributed by atoms with Crippen molar-refractivity contribution in [3.05, 3.63) is 66.3 Å². The molecule has 1 aromatic carbocycles. The summed E-state index contributed by atoms with van der Waals surface area (Å²) in [5.41, 5.74) is 10.4. The number of nitrogen functional groups attached to an aromatic ring is 1. The van der Waals surface area contributed by atoms with Crippen molar-refractivity contribution in [1.82, 2.24) is 29.7 Å². The number of hydrogen-bond donors (Lipinski definition) is 2. The summed E-state index contributed by atoms with van der Waals surface area (Å²) in [6.07, 6.45) is 4.96. The first-order valence-corrected chi connectivity index (χ1v) is 13.9. The fourth-order valence-corrected chi connectivity index (χ4v) is 5.78. The average molecular weight is 564 g/mol. The van der Waals surface area contributed by atoms with E-state index in [9.17, 15) is 4.79 Å². The number of nitrogens with zero attached hydrogens (tertiary/aromatic N) is 5. The van der Waals surface area contributed by atoms with Gasteiger partial charge in [0.25, 0.3) is 0 Å². The Balaban J connectivity index is 1.32. The van der Waals surface area contributed by atoms with Crippen molar-refractivity contribution in [1.29, 1.82) is 0 Å². The molecule has 10 heteroatoms. The van der Waals surface area contributed by atoms with Crippen LogP contribution in [0.4, 0.5) is 5.82 Å². The number of hydrogen-bond acceptors (Lipinski definition) is 8. The second kappa shape index (κ2) is 11.2. The summed E-state index contributed by atoms with van der Waals surface area (Å²) in [5.74, 6) is 10.1. The van der Waals surface area contributed by atoms with Crippen molar-refractivity contribution < 1.29 is 14.3 Å². The molecule has 1 aliphatic heterocycles. The number of benzene rings is 1. The number of likely N-dealkylation sites (N-methyl/N-ethyl adjacent to an activating group) is 1. The number of aryl methyl sites for hydroxylation is 2. The summed E-state index contributed by atoms with van der Waals surface area (Å²) in [6.45, 7) is 4.06. The molecule has 0 bridgehead atoms. The van der Waals surface area contributed by atoms with Crippen molar-refractivity contribution in [2.75, 3.05) is 39.5 Å². The number of anilines is 1. The Hall–Kier alpha value is -4.88. The summed E-state index contributed by atoms with van der Waals surface area (Å²) >= 11 is 0. The number of methoxy groups -OCH3 is 1. The van der Waals surface area contributed by atoms with E-state index in [2.05, 4.69) is 32.1 Å². The molecule has 10 nitrogen and oxygen atoms in total. The van der Waals surface area contributed by atoms with Gasteiger partial charge in [-0.25, -0.2) is 15.0 Å². The van der Waals surface area contributed by atoms with E-state index in [1.54, 1.807) is 13.2 Å². The Kier molecular flexibility index (Phi) is 7.27. The number of nitrogens with one attached hydrogen (secondary N) is 1. The Morgan fingerprint density at radius 1 is 1.21 bits per heavy atom. The van der Waals surface area contributed by atoms with E-state index in [0.717, 1.165) is 41.0 Å². The molecule has 0 unspecified atom stereocenters. The fourth-order valence-electron chi connectivity index (χ4n) is 5.78. The number of amides is 1. The zero-order valence-electron chi connectivity index (χ0n) is 24.1. The highest BCUT2D eigenvalue weighted by Gasteiger charge is 2.55. The van der Waals surface area contributed by atoms with E-state index >= 15 is 0 Å². The standard InChI is InChI=1S/C32H33N7O3/c1-19-7-5-8-27(37-19)42-20-10-11-22(26(15-20)41-4)29-25(38(3)32-30(29)31(33)35-18-36-32)13-12-21-23-16-39(17-24(21)23)28(40)9-6-14-34-2/h5-11,15,18,21,23-24,34H,14,16-17H2,1-4H3,(H2,33,35,36)/b9-6+/t21-,23-,24+. The highest BCUT2D eigenvalue weighted by molar-refractivity contribution is 6.04. The molecule has 2 aliphatic rings. The highest BCUT2D eigenvalue weighted by Crippen LogP contribution is 2.51. The van der Waals surface area contributed by atoms with E-state index in [-0.39, 0.29) is 11.8 Å². The van der Waals surface area contributed by atoms with Crippen LogP contribution in [0.2, 0.25) is 0 Å². The molecule has 3 aromatic heterocycles. The van der Waals surface area contributed by atoms with Crippen molar-refractivity contribution >= 4 is 22.8 Å². The summed E-state index contributed by atoms with van der Waals surface area (Å²) < 4.78 is 13.8. The maximum Gasteiger partial charge on any atom is 0.246 e. The van der Waals surface area contributed by atoms with Crippen molar-refractivity contribution in [3.63, 3.8) is 0 Å². The van der Waals surface area contributed by atoms with Gasteiger partial charge in [-0.15, -0.1) is 0 Å². The first kappa shape index (κ1) is 27.3. The van der Waals surface area contributed by atoms with Crippen LogP contribution in [0.15, 0.2) is 54.9 Å². The van der Waals surface area contributed by atoms with Gasteiger partial charge >= 0.3 is 0 Å². The molecule has 4 aromatic rings. The first-order chi connectivity index (χ1) is 20.4. The number of carbonyl (C=O) groups is 1. The lowest BCUT2D eigenvalue weighted by Crippen LogP contribution is -2.30. The molecule has 1 saturated carbocycles. The smallest absolute Gasteiger partial charge is 0.246 e. The van der Waals surface area contributed by atoms with E-state index < -0.39 is 0 Å². The summed E-state index contributed by atoms with van der Waals surface area (Å²) in [5, 5.41) is 3.74. The Labute approximate surface area is 244 Å². The third kappa shape index (κ3) is 5.03. The van der Waals surface area contributed by atoms with Gasteiger partial charge < -0.3 is 30.0 Å². The van der Waals surface area contributed by atoms with Gasteiger partial charge in [0.1, 0.15) is 35.0 Å². The second-order valence-corrected chi connectivity index (χ2v) is 10.6. The monoisotopic (exact) mass is 563 g/mol. The van der Waals surface area contributed by atoms with Crippen LogP contribution in [0.1, 0.15) is 11.4 Å². The average Bonchev–Trinajstić information content (AvgIpc) is 3.29. The molecule has 1 aliphatic carbocycles. The lowest BCUT2D eigenvalue weighted by atomic mass is 10.0. The maximum atomic E-state index is 12.5. The molecular weight excluding hydrogens is 530 g/mol. The number of fused-ring (bicyclic) bond motifs is 2. The highest BCUT2D eigenvalue weighted by atomic mass is 16.5. The van der Waals surface area contributed by atoms with Crippen LogP contribution >= 0.6 is 0 Å². The van der Waals surface area contributed by atoms with E-state index in [1.165, 1.54) is 6.33 Å². The molecule has 1 amide bonds. The van der Waals surface area contributed by atoms with Crippen LogP contribution in [0.5, 0.6) is 17.4 Å². The summed E-state index contributed by atoms with van der Waals surface area (Å²) in [7, 11) is 5.41. The van der Waals surface area contributed by atoms with Crippen molar-refractivity contribution in [2.24, 2.45) is 24.8 Å². The summed E-state index contributed by atoms with van der Waals surface area (Å²) in [4.78, 5) is 27.6. The van der Waals surface area contributed by atoms with Gasteiger partial charge in [-0.05, 0) is 49.9 Å². The zero-order valence-corrected chi connectivity index (χ0v) is 24.1. The minimum absolute atomic E-state index is 0.0619. The predicted molar refractivity (Wildman–Crippen MR) is 161 cm³/mol. The molecule has 6 rings (SSSR count). The molecular formula is C32H33N7O3. The van der Waals surface area contributed by atoms with Gasteiger partial charge in [-0.2, -0.15) is 0 Å². The fraction of sp³-hybridized carbons (Fsp3) is 0.312. The second-order valence-electron chi connectivity index (χ2n) is 10.6. The van der Waals surface area contributed by atoms with Crippen LogP contribution in [-0.2, 0) is 11.8 Å². The molecule has 42 heavy (non-hydrogen) atoms. The number of ether oxygens (including phenoxy) is 2. The van der Waals surface area contributed by atoms with Gasteiger partial charge in [0, 0.05) is 67.6 Å². The molecule has 0 radical (unpaired) electrons. The van der Waals surface area contributed by atoms with Gasteiger partial charge in [-0.3, -0.25) is 4.79 Å². The van der Waals surface area contributed by atoms with Crippen LogP contribution < -0.4 is 20.5 Å². The van der Waals surface area contributed by atoms with Crippen LogP contribution in [0.3, 0.4) is 0 Å². The minimum Gasteiger partial charge on any atom is -0.496 e. The quantitative estimate of drug-likeness (QED) is 0.259. The predicted octanol–water partition coefficient (Wildman–Crippen LogP) is 3.55. The van der Waals surface area contributed by atoms with Crippen LogP contribution in [-0.4, -0.2) is 64.1 Å². The van der Waals surface area contributed by atoms with Crippen LogP contribution in [0, 0.1) is 36.5 Å². The normalized spacial score (nSPS) is 19.0. The van der Waals surface area contributed by atoms with E-state index in [0.29, 0.717) is 47.2 Å². The van der Waals surface area contributed by atoms with Crippen molar-refractivity contribution in [2.45, 2.75) is 6.92 Å². The third-order valence-electron chi connectivity index (χ3n) is 7.97. The summed E-state index contributed by atoms with van der Waals surface area (Å²) in [6, 6.07) is 11.3. The van der Waals surface area contributed by atoms with Crippen molar-refractivity contribution in [3.8, 4) is 40.3 Å². The molecule has 1 saturated heterocycles. The number of pyridine rings is 1. The number of aromatic nitrogens is 4. The molecule has 3 N–H and O–H groups in total. The lowest BCUT2D eigenvalue weighted by Gasteiger charge is -2.16. The van der Waals surface area contributed by atoms with Gasteiger partial charge in [0.15, 0.2) is 0 Å². The minimum atomic E-state index is 0.0619. The zero-order chi connectivity index (χ0) is 29.4.